The van der Waals surface area contributed by atoms with Crippen LogP contribution in [0.2, 0.25) is 0 Å². The first-order valence-electron chi connectivity index (χ1n) is 8.97. The molecule has 1 heterocycles. The fourth-order valence-electron chi connectivity index (χ4n) is 3.28. The van der Waals surface area contributed by atoms with Crippen molar-refractivity contribution in [3.63, 3.8) is 0 Å². The molecule has 3 rings (SSSR count). The molecule has 1 amide bonds. The molecule has 1 atom stereocenters. The molecule has 0 aliphatic carbocycles. The number of hydrogen-bond donors (Lipinski definition) is 1. The Morgan fingerprint density at radius 2 is 1.65 bits per heavy atom. The van der Waals surface area contributed by atoms with Crippen LogP contribution in [0, 0.1) is 0 Å². The van der Waals surface area contributed by atoms with Gasteiger partial charge in [0.15, 0.2) is 0 Å². The van der Waals surface area contributed by atoms with E-state index in [1.165, 1.54) is 4.31 Å². The molecule has 5 nitrogen and oxygen atoms in total. The Morgan fingerprint density at radius 3 is 2.35 bits per heavy atom. The molecule has 1 aliphatic rings. The predicted octanol–water partition coefficient (Wildman–Crippen LogP) is 2.59. The maximum absolute atomic E-state index is 12.9. The van der Waals surface area contributed by atoms with Crippen LogP contribution >= 0.6 is 0 Å². The van der Waals surface area contributed by atoms with Crippen molar-refractivity contribution in [3.8, 4) is 0 Å². The minimum atomic E-state index is -3.66. The van der Waals surface area contributed by atoms with E-state index in [1.54, 1.807) is 30.3 Å². The van der Waals surface area contributed by atoms with E-state index in [1.807, 2.05) is 30.3 Å². The van der Waals surface area contributed by atoms with Crippen LogP contribution in [0.25, 0.3) is 0 Å². The predicted molar refractivity (Wildman–Crippen MR) is 101 cm³/mol. The Hall–Kier alpha value is -2.18. The van der Waals surface area contributed by atoms with E-state index in [4.69, 9.17) is 0 Å². The molecule has 1 saturated heterocycles. The molecule has 26 heavy (non-hydrogen) atoms. The average molecular weight is 372 g/mol. The fourth-order valence-corrected chi connectivity index (χ4v) is 4.95. The maximum atomic E-state index is 12.9. The van der Waals surface area contributed by atoms with Gasteiger partial charge in [0.2, 0.25) is 15.9 Å². The van der Waals surface area contributed by atoms with E-state index in [9.17, 15) is 13.2 Å². The molecule has 1 N–H and O–H groups in total. The standard InChI is InChI=1S/C20H24N2O3S/c23-20(21-15-14-17-9-3-1-4-10-17)19-13-7-8-16-22(19)26(24,25)18-11-5-2-6-12-18/h1-6,9-12,19H,7-8,13-16H2,(H,21,23)/t19-/m0/s1. The van der Waals surface area contributed by atoms with Crippen molar-refractivity contribution in [1.29, 1.82) is 0 Å². The largest absolute Gasteiger partial charge is 0.354 e. The smallest absolute Gasteiger partial charge is 0.243 e. The average Bonchev–Trinajstić information content (AvgIpc) is 2.69. The highest BCUT2D eigenvalue weighted by Gasteiger charge is 2.37. The lowest BCUT2D eigenvalue weighted by atomic mass is 10.0. The first kappa shape index (κ1) is 18.6. The summed E-state index contributed by atoms with van der Waals surface area (Å²) >= 11 is 0. The Balaban J connectivity index is 1.67. The minimum absolute atomic E-state index is 0.208. The van der Waals surface area contributed by atoms with Crippen molar-refractivity contribution in [2.45, 2.75) is 36.6 Å². The third kappa shape index (κ3) is 4.31. The van der Waals surface area contributed by atoms with Gasteiger partial charge in [-0.05, 0) is 37.0 Å². The number of piperidine rings is 1. The van der Waals surface area contributed by atoms with Crippen LogP contribution in [0.1, 0.15) is 24.8 Å². The van der Waals surface area contributed by atoms with Gasteiger partial charge in [0.05, 0.1) is 4.90 Å². The van der Waals surface area contributed by atoms with Gasteiger partial charge in [-0.15, -0.1) is 0 Å². The third-order valence-electron chi connectivity index (χ3n) is 4.66. The van der Waals surface area contributed by atoms with E-state index in [0.29, 0.717) is 19.5 Å². The SMILES string of the molecule is O=C(NCCc1ccccc1)[C@@H]1CCCCN1S(=O)(=O)c1ccccc1. The summed E-state index contributed by atoms with van der Waals surface area (Å²) in [5.74, 6) is -0.208. The fraction of sp³-hybridized carbons (Fsp3) is 0.350. The highest BCUT2D eigenvalue weighted by atomic mass is 32.2. The first-order valence-corrected chi connectivity index (χ1v) is 10.4. The van der Waals surface area contributed by atoms with Crippen LogP contribution in [-0.4, -0.2) is 37.8 Å². The number of nitrogens with zero attached hydrogens (tertiary/aromatic N) is 1. The van der Waals surface area contributed by atoms with Crippen LogP contribution in [0.15, 0.2) is 65.6 Å². The van der Waals surface area contributed by atoms with Gasteiger partial charge in [-0.3, -0.25) is 4.79 Å². The lowest BCUT2D eigenvalue weighted by Crippen LogP contribution is -2.52. The Labute approximate surface area is 155 Å². The summed E-state index contributed by atoms with van der Waals surface area (Å²) in [5, 5.41) is 2.91. The van der Waals surface area contributed by atoms with Gasteiger partial charge in [-0.25, -0.2) is 8.42 Å². The van der Waals surface area contributed by atoms with Gasteiger partial charge < -0.3 is 5.32 Å². The Kier molecular flexibility index (Phi) is 6.06. The van der Waals surface area contributed by atoms with Crippen molar-refractivity contribution >= 4 is 15.9 Å². The molecule has 0 bridgehead atoms. The number of rotatable bonds is 6. The molecule has 0 radical (unpaired) electrons. The van der Waals surface area contributed by atoms with Crippen LogP contribution in [-0.2, 0) is 21.2 Å². The highest BCUT2D eigenvalue weighted by molar-refractivity contribution is 7.89. The number of carbonyl (C=O) groups excluding carboxylic acids is 1. The number of sulfonamides is 1. The molecular formula is C20H24N2O3S. The van der Waals surface area contributed by atoms with E-state index in [-0.39, 0.29) is 10.8 Å². The molecule has 1 fully saturated rings. The summed E-state index contributed by atoms with van der Waals surface area (Å²) in [6.45, 7) is 0.882. The van der Waals surface area contributed by atoms with Crippen molar-refractivity contribution in [3.05, 3.63) is 66.2 Å². The van der Waals surface area contributed by atoms with Crippen molar-refractivity contribution in [2.24, 2.45) is 0 Å². The molecular weight excluding hydrogens is 348 g/mol. The summed E-state index contributed by atoms with van der Waals surface area (Å²) in [6.07, 6.45) is 2.92. The van der Waals surface area contributed by atoms with E-state index in [0.717, 1.165) is 24.8 Å². The second-order valence-electron chi connectivity index (χ2n) is 6.47. The van der Waals surface area contributed by atoms with Crippen LogP contribution < -0.4 is 5.32 Å². The normalized spacial score (nSPS) is 18.4. The van der Waals surface area contributed by atoms with Gasteiger partial charge in [0.1, 0.15) is 6.04 Å². The molecule has 0 aromatic heterocycles. The van der Waals surface area contributed by atoms with Crippen molar-refractivity contribution in [1.82, 2.24) is 9.62 Å². The summed E-state index contributed by atoms with van der Waals surface area (Å²) < 4.78 is 27.3. The van der Waals surface area contributed by atoms with E-state index >= 15 is 0 Å². The summed E-state index contributed by atoms with van der Waals surface area (Å²) in [4.78, 5) is 12.9. The van der Waals surface area contributed by atoms with Gasteiger partial charge in [0, 0.05) is 13.1 Å². The Morgan fingerprint density at radius 1 is 1.00 bits per heavy atom. The van der Waals surface area contributed by atoms with Crippen LogP contribution in [0.4, 0.5) is 0 Å². The molecule has 1 aliphatic heterocycles. The van der Waals surface area contributed by atoms with Crippen LogP contribution in [0.3, 0.4) is 0 Å². The quantitative estimate of drug-likeness (QED) is 0.848. The molecule has 0 spiro atoms. The molecule has 138 valence electrons. The summed E-state index contributed by atoms with van der Waals surface area (Å²) in [5.41, 5.74) is 1.14. The lowest BCUT2D eigenvalue weighted by molar-refractivity contribution is -0.125. The number of benzene rings is 2. The van der Waals surface area contributed by atoms with Crippen molar-refractivity contribution < 1.29 is 13.2 Å². The summed E-state index contributed by atoms with van der Waals surface area (Å²) in [6, 6.07) is 17.6. The molecule has 0 saturated carbocycles. The first-order chi connectivity index (χ1) is 12.6. The number of nitrogens with one attached hydrogen (secondary N) is 1. The van der Waals surface area contributed by atoms with Gasteiger partial charge in [-0.2, -0.15) is 4.31 Å². The van der Waals surface area contributed by atoms with Crippen LogP contribution in [0.5, 0.6) is 0 Å². The van der Waals surface area contributed by atoms with Gasteiger partial charge in [-0.1, -0.05) is 55.0 Å². The maximum Gasteiger partial charge on any atom is 0.243 e. The molecule has 6 heteroatoms. The number of hydrogen-bond acceptors (Lipinski definition) is 3. The lowest BCUT2D eigenvalue weighted by Gasteiger charge is -2.33. The highest BCUT2D eigenvalue weighted by Crippen LogP contribution is 2.25. The summed E-state index contributed by atoms with van der Waals surface area (Å²) in [7, 11) is -3.66. The monoisotopic (exact) mass is 372 g/mol. The second-order valence-corrected chi connectivity index (χ2v) is 8.36. The van der Waals surface area contributed by atoms with E-state index in [2.05, 4.69) is 5.32 Å². The van der Waals surface area contributed by atoms with E-state index < -0.39 is 16.1 Å². The minimum Gasteiger partial charge on any atom is -0.354 e. The van der Waals surface area contributed by atoms with Gasteiger partial charge >= 0.3 is 0 Å². The zero-order valence-electron chi connectivity index (χ0n) is 14.7. The Bertz CT molecular complexity index is 823. The topological polar surface area (TPSA) is 66.5 Å². The number of carbonyl (C=O) groups is 1. The van der Waals surface area contributed by atoms with Gasteiger partial charge in [0.25, 0.3) is 0 Å². The molecule has 2 aromatic carbocycles. The number of amides is 1. The molecule has 2 aromatic rings. The van der Waals surface area contributed by atoms with Crippen molar-refractivity contribution in [2.75, 3.05) is 13.1 Å². The zero-order chi connectivity index (χ0) is 18.4. The zero-order valence-corrected chi connectivity index (χ0v) is 15.5. The second kappa shape index (κ2) is 8.47. The third-order valence-corrected chi connectivity index (χ3v) is 6.58. The molecule has 0 unspecified atom stereocenters.